The maximum atomic E-state index is 6.31. The first-order valence-electron chi connectivity index (χ1n) is 15.9. The Morgan fingerprint density at radius 3 is 1.48 bits per heavy atom. The number of aromatic nitrogens is 2. The quantitative estimate of drug-likeness (QED) is 0.184. The van der Waals surface area contributed by atoms with Crippen LogP contribution in [0.2, 0.25) is 0 Å². The fourth-order valence-corrected chi connectivity index (χ4v) is 6.84. The van der Waals surface area contributed by atoms with E-state index in [-0.39, 0.29) is 0 Å². The number of anilines is 6. The van der Waals surface area contributed by atoms with E-state index in [9.17, 15) is 0 Å². The lowest BCUT2D eigenvalue weighted by atomic mass is 10.0. The van der Waals surface area contributed by atoms with Crippen LogP contribution in [0.1, 0.15) is 0 Å². The van der Waals surface area contributed by atoms with Crippen molar-refractivity contribution in [2.24, 2.45) is 0 Å². The maximum Gasteiger partial charge on any atom is 0.236 e. The zero-order valence-electron chi connectivity index (χ0n) is 25.6. The largest absolute Gasteiger partial charge is 0.453 e. The lowest BCUT2D eigenvalue weighted by Crippen LogP contribution is -2.18. The number of fused-ring (bicyclic) bond motifs is 7. The van der Waals surface area contributed by atoms with Crippen molar-refractivity contribution in [3.63, 3.8) is 0 Å². The molecule has 0 bridgehead atoms. The number of hydrogen-bond donors (Lipinski definition) is 0. The molecule has 226 valence electrons. The Hall–Kier alpha value is -6.66. The highest BCUT2D eigenvalue weighted by atomic mass is 16.5. The van der Waals surface area contributed by atoms with Crippen LogP contribution < -0.4 is 19.3 Å². The maximum absolute atomic E-state index is 6.31. The van der Waals surface area contributed by atoms with E-state index in [1.165, 1.54) is 0 Å². The van der Waals surface area contributed by atoms with Gasteiger partial charge in [0.05, 0.1) is 34.0 Å². The molecule has 10 rings (SSSR count). The van der Waals surface area contributed by atoms with Gasteiger partial charge in [-0.2, -0.15) is 0 Å². The molecule has 0 spiro atoms. The predicted molar refractivity (Wildman–Crippen MR) is 192 cm³/mol. The molecule has 0 N–H and O–H groups in total. The highest BCUT2D eigenvalue weighted by molar-refractivity contribution is 6.10. The molecule has 48 heavy (non-hydrogen) atoms. The van der Waals surface area contributed by atoms with Gasteiger partial charge in [-0.15, -0.1) is 0 Å². The van der Waals surface area contributed by atoms with E-state index in [1.54, 1.807) is 0 Å². The zero-order valence-corrected chi connectivity index (χ0v) is 25.6. The molecule has 6 nitrogen and oxygen atoms in total. The van der Waals surface area contributed by atoms with Crippen LogP contribution in [0.4, 0.5) is 34.4 Å². The van der Waals surface area contributed by atoms with Crippen molar-refractivity contribution in [1.29, 1.82) is 0 Å². The summed E-state index contributed by atoms with van der Waals surface area (Å²) in [6.07, 6.45) is 0. The Balaban J connectivity index is 1.18. The summed E-state index contributed by atoms with van der Waals surface area (Å²) in [7, 11) is 0. The van der Waals surface area contributed by atoms with E-state index in [0.29, 0.717) is 5.95 Å². The summed E-state index contributed by atoms with van der Waals surface area (Å²) in [5.41, 5.74) is 7.55. The normalized spacial score (nSPS) is 12.8. The van der Waals surface area contributed by atoms with Crippen molar-refractivity contribution < 1.29 is 9.47 Å². The van der Waals surface area contributed by atoms with Gasteiger partial charge in [0, 0.05) is 22.0 Å². The third-order valence-corrected chi connectivity index (χ3v) is 9.04. The van der Waals surface area contributed by atoms with Crippen LogP contribution in [-0.2, 0) is 0 Å². The van der Waals surface area contributed by atoms with Crippen LogP contribution in [0.25, 0.3) is 32.9 Å². The minimum atomic E-state index is 0.581. The summed E-state index contributed by atoms with van der Waals surface area (Å²) in [4.78, 5) is 15.0. The summed E-state index contributed by atoms with van der Waals surface area (Å²) in [5.74, 6) is 3.75. The first kappa shape index (κ1) is 26.5. The lowest BCUT2D eigenvalue weighted by molar-refractivity contribution is 0.476. The van der Waals surface area contributed by atoms with Crippen molar-refractivity contribution in [3.8, 4) is 34.3 Å². The van der Waals surface area contributed by atoms with Gasteiger partial charge >= 0.3 is 0 Å². The molecule has 0 amide bonds. The molecule has 2 aliphatic rings. The zero-order chi connectivity index (χ0) is 31.6. The second-order valence-electron chi connectivity index (χ2n) is 11.8. The van der Waals surface area contributed by atoms with Gasteiger partial charge in [0.2, 0.25) is 5.95 Å². The number of para-hydroxylation sites is 8. The van der Waals surface area contributed by atoms with Gasteiger partial charge in [-0.05, 0) is 72.1 Å². The number of nitrogens with zero attached hydrogens (tertiary/aromatic N) is 4. The smallest absolute Gasteiger partial charge is 0.236 e. The van der Waals surface area contributed by atoms with E-state index in [0.717, 1.165) is 84.4 Å². The second kappa shape index (κ2) is 10.4. The summed E-state index contributed by atoms with van der Waals surface area (Å²) in [5, 5.41) is 3.19. The fraction of sp³-hybridized carbons (Fsp3) is 0. The number of rotatable bonds is 3. The van der Waals surface area contributed by atoms with E-state index in [2.05, 4.69) is 94.7 Å². The van der Waals surface area contributed by atoms with E-state index >= 15 is 0 Å². The van der Waals surface area contributed by atoms with Gasteiger partial charge in [0.1, 0.15) is 0 Å². The lowest BCUT2D eigenvalue weighted by Gasteiger charge is -2.33. The van der Waals surface area contributed by atoms with Gasteiger partial charge in [-0.3, -0.25) is 4.90 Å². The summed E-state index contributed by atoms with van der Waals surface area (Å²) < 4.78 is 12.6. The third-order valence-electron chi connectivity index (χ3n) is 9.04. The Morgan fingerprint density at radius 2 is 0.896 bits per heavy atom. The topological polar surface area (TPSA) is 50.7 Å². The Morgan fingerprint density at radius 1 is 0.396 bits per heavy atom. The van der Waals surface area contributed by atoms with Crippen molar-refractivity contribution in [3.05, 3.63) is 158 Å². The van der Waals surface area contributed by atoms with Crippen LogP contribution >= 0.6 is 0 Å². The average Bonchev–Trinajstić information content (AvgIpc) is 3.15. The fourth-order valence-electron chi connectivity index (χ4n) is 6.84. The number of benzene rings is 7. The summed E-state index contributed by atoms with van der Waals surface area (Å²) >= 11 is 0. The molecule has 1 aromatic heterocycles. The molecule has 0 unspecified atom stereocenters. The summed E-state index contributed by atoms with van der Waals surface area (Å²) in [6.45, 7) is 0. The minimum absolute atomic E-state index is 0.581. The van der Waals surface area contributed by atoms with Crippen LogP contribution in [0, 0.1) is 0 Å². The standard InChI is InChI=1S/C42H26N4O2/c1-2-12-30-27(11-1)23-26-31-40(43-42(44-41(30)31)46-34-15-5-9-19-38(34)48-39-20-10-6-16-35(39)46)28-21-24-29(25-22-28)45-32-13-3-7-17-36(32)47-37-18-8-4-14-33(37)45/h1-26H. The minimum Gasteiger partial charge on any atom is -0.453 e. The first-order valence-corrected chi connectivity index (χ1v) is 15.9. The van der Waals surface area contributed by atoms with E-state index < -0.39 is 0 Å². The van der Waals surface area contributed by atoms with Gasteiger partial charge in [0.15, 0.2) is 23.0 Å². The first-order chi connectivity index (χ1) is 23.8. The number of ether oxygens (including phenoxy) is 2. The SMILES string of the molecule is c1ccc2c(c1)Oc1ccccc1N2c1ccc(-c2nc(N3c4ccccc4Oc4ccccc43)nc3c2ccc2ccccc23)cc1. The molecule has 0 saturated carbocycles. The molecule has 6 heteroatoms. The molecule has 0 radical (unpaired) electrons. The molecule has 7 aromatic carbocycles. The van der Waals surface area contributed by atoms with Crippen molar-refractivity contribution in [1.82, 2.24) is 9.97 Å². The molecular formula is C42H26N4O2. The molecular weight excluding hydrogens is 592 g/mol. The van der Waals surface area contributed by atoms with Crippen LogP contribution in [0.15, 0.2) is 158 Å². The van der Waals surface area contributed by atoms with E-state index in [4.69, 9.17) is 19.4 Å². The second-order valence-corrected chi connectivity index (χ2v) is 11.8. The third kappa shape index (κ3) is 4.06. The van der Waals surface area contributed by atoms with Crippen LogP contribution in [-0.4, -0.2) is 9.97 Å². The Labute approximate surface area is 276 Å². The molecule has 8 aromatic rings. The van der Waals surface area contributed by atoms with Crippen molar-refractivity contribution in [2.45, 2.75) is 0 Å². The van der Waals surface area contributed by atoms with Crippen LogP contribution in [0.5, 0.6) is 23.0 Å². The van der Waals surface area contributed by atoms with Gasteiger partial charge in [-0.1, -0.05) is 91.0 Å². The van der Waals surface area contributed by atoms with Gasteiger partial charge in [-0.25, -0.2) is 9.97 Å². The van der Waals surface area contributed by atoms with Gasteiger partial charge < -0.3 is 14.4 Å². The molecule has 2 aliphatic heterocycles. The molecule has 0 aliphatic carbocycles. The Bertz CT molecular complexity index is 2460. The highest BCUT2D eigenvalue weighted by Gasteiger charge is 2.29. The van der Waals surface area contributed by atoms with Crippen molar-refractivity contribution >= 4 is 56.1 Å². The van der Waals surface area contributed by atoms with Crippen LogP contribution in [0.3, 0.4) is 0 Å². The molecule has 0 atom stereocenters. The Kier molecular flexibility index (Phi) is 5.77. The molecule has 0 saturated heterocycles. The monoisotopic (exact) mass is 618 g/mol. The van der Waals surface area contributed by atoms with E-state index in [1.807, 2.05) is 72.8 Å². The number of hydrogen-bond acceptors (Lipinski definition) is 6. The molecule has 3 heterocycles. The van der Waals surface area contributed by atoms with Crippen molar-refractivity contribution in [2.75, 3.05) is 9.80 Å². The molecule has 0 fully saturated rings. The van der Waals surface area contributed by atoms with Gasteiger partial charge in [0.25, 0.3) is 0 Å². The average molecular weight is 619 g/mol. The highest BCUT2D eigenvalue weighted by Crippen LogP contribution is 2.52. The summed E-state index contributed by atoms with van der Waals surface area (Å²) in [6, 6.07) is 53.6. The predicted octanol–water partition coefficient (Wildman–Crippen LogP) is 11.6.